The quantitative estimate of drug-likeness (QED) is 0.637. The van der Waals surface area contributed by atoms with Crippen molar-refractivity contribution in [1.82, 2.24) is 5.32 Å². The van der Waals surface area contributed by atoms with Crippen LogP contribution in [0.15, 0.2) is 0 Å². The summed E-state index contributed by atoms with van der Waals surface area (Å²) in [6.07, 6.45) is 0.532. The Kier molecular flexibility index (Phi) is 11.7. The van der Waals surface area contributed by atoms with E-state index in [9.17, 15) is 19.2 Å². The number of hydrogen-bond donors (Lipinski definition) is 2. The van der Waals surface area contributed by atoms with Gasteiger partial charge in [0.1, 0.15) is 17.6 Å². The maximum atomic E-state index is 10.4. The largest absolute Gasteiger partial charge is 0.480 e. The van der Waals surface area contributed by atoms with Gasteiger partial charge in [0.05, 0.1) is 13.5 Å². The molecule has 19 heavy (non-hydrogen) atoms. The highest BCUT2D eigenvalue weighted by molar-refractivity contribution is 5.84. The number of rotatable bonds is 7. The molecule has 0 aliphatic rings. The first kappa shape index (κ1) is 19.6. The van der Waals surface area contributed by atoms with Gasteiger partial charge in [-0.2, -0.15) is 0 Å². The molecule has 0 aromatic rings. The normalized spacial score (nSPS) is 10.7. The van der Waals surface area contributed by atoms with Crippen molar-refractivity contribution in [3.8, 4) is 0 Å². The van der Waals surface area contributed by atoms with Gasteiger partial charge in [-0.1, -0.05) is 0 Å². The molecule has 0 radical (unpaired) electrons. The summed E-state index contributed by atoms with van der Waals surface area (Å²) in [4.78, 5) is 41.3. The Balaban J connectivity index is 0. The summed E-state index contributed by atoms with van der Waals surface area (Å²) in [6.45, 7) is 2.82. The third kappa shape index (κ3) is 14.2. The van der Waals surface area contributed by atoms with Gasteiger partial charge in [0.25, 0.3) is 0 Å². The number of Topliss-reactive ketones (excluding diaryl/α,β-unsaturated/α-hetero) is 2. The van der Waals surface area contributed by atoms with E-state index in [1.54, 1.807) is 0 Å². The number of methoxy groups -OCH3 is 1. The summed E-state index contributed by atoms with van der Waals surface area (Å²) in [5.41, 5.74) is 0. The summed E-state index contributed by atoms with van der Waals surface area (Å²) in [5.74, 6) is -1.43. The summed E-state index contributed by atoms with van der Waals surface area (Å²) in [6, 6.07) is -0.738. The van der Waals surface area contributed by atoms with Gasteiger partial charge in [0.15, 0.2) is 0 Å². The number of hydrogen-bond acceptors (Lipinski definition) is 6. The van der Waals surface area contributed by atoms with Crippen LogP contribution < -0.4 is 5.32 Å². The fourth-order valence-electron chi connectivity index (χ4n) is 0.980. The molecular weight excluding hydrogens is 254 g/mol. The van der Waals surface area contributed by atoms with Crippen LogP contribution in [-0.4, -0.2) is 48.8 Å². The number of carbonyl (C=O) groups is 4. The van der Waals surface area contributed by atoms with Crippen LogP contribution in [0.4, 0.5) is 0 Å². The summed E-state index contributed by atoms with van der Waals surface area (Å²) in [7, 11) is 2.82. The zero-order chi connectivity index (χ0) is 15.4. The lowest BCUT2D eigenvalue weighted by Gasteiger charge is -2.06. The predicted molar refractivity (Wildman–Crippen MR) is 67.7 cm³/mol. The molecule has 2 N–H and O–H groups in total. The standard InChI is InChI=1S/C6H11NO3.C6H10O3/c1-4(8)3-5(7-2)6(9)10;1-5(7)3-4-6(8)9-2/h5,7H,3H2,1-2H3,(H,9,10);3-4H2,1-2H3. The van der Waals surface area contributed by atoms with Crippen molar-refractivity contribution < 1.29 is 29.0 Å². The maximum absolute atomic E-state index is 10.4. The average Bonchev–Trinajstić information content (AvgIpc) is 2.33. The van der Waals surface area contributed by atoms with E-state index in [-0.39, 0.29) is 36.8 Å². The van der Waals surface area contributed by atoms with Gasteiger partial charge < -0.3 is 20.0 Å². The van der Waals surface area contributed by atoms with E-state index in [4.69, 9.17) is 5.11 Å². The molecule has 0 heterocycles. The topological polar surface area (TPSA) is 110 Å². The Labute approximate surface area is 112 Å². The molecule has 0 aromatic carbocycles. The molecule has 1 atom stereocenters. The van der Waals surface area contributed by atoms with Crippen molar-refractivity contribution in [1.29, 1.82) is 0 Å². The lowest BCUT2D eigenvalue weighted by molar-refractivity contribution is -0.142. The number of likely N-dealkylation sites (N-methyl/N-ethyl adjacent to an activating group) is 1. The Bertz CT molecular complexity index is 326. The Morgan fingerprint density at radius 3 is 1.84 bits per heavy atom. The van der Waals surface area contributed by atoms with Gasteiger partial charge in [-0.25, -0.2) is 0 Å². The van der Waals surface area contributed by atoms with E-state index >= 15 is 0 Å². The van der Waals surface area contributed by atoms with E-state index in [0.717, 1.165) is 0 Å². The highest BCUT2D eigenvalue weighted by Crippen LogP contribution is 1.92. The van der Waals surface area contributed by atoms with E-state index in [0.29, 0.717) is 0 Å². The Morgan fingerprint density at radius 2 is 1.63 bits per heavy atom. The maximum Gasteiger partial charge on any atom is 0.321 e. The van der Waals surface area contributed by atoms with Crippen molar-refractivity contribution in [2.45, 2.75) is 39.2 Å². The van der Waals surface area contributed by atoms with Gasteiger partial charge in [0, 0.05) is 12.8 Å². The first-order valence-corrected chi connectivity index (χ1v) is 5.70. The number of carboxylic acids is 1. The molecule has 110 valence electrons. The van der Waals surface area contributed by atoms with Gasteiger partial charge in [-0.3, -0.25) is 14.4 Å². The van der Waals surface area contributed by atoms with Crippen molar-refractivity contribution in [2.75, 3.05) is 14.2 Å². The summed E-state index contributed by atoms with van der Waals surface area (Å²) >= 11 is 0. The zero-order valence-electron chi connectivity index (χ0n) is 11.7. The Morgan fingerprint density at radius 1 is 1.11 bits per heavy atom. The predicted octanol–water partition coefficient (Wildman–Crippen LogP) is 0.167. The van der Waals surface area contributed by atoms with E-state index in [1.807, 2.05) is 0 Å². The van der Waals surface area contributed by atoms with Crippen LogP contribution in [0.25, 0.3) is 0 Å². The molecule has 0 aliphatic heterocycles. The van der Waals surface area contributed by atoms with Gasteiger partial charge >= 0.3 is 11.9 Å². The van der Waals surface area contributed by atoms with Crippen LogP contribution in [-0.2, 0) is 23.9 Å². The molecule has 7 heteroatoms. The molecule has 0 aromatic heterocycles. The molecule has 0 saturated carbocycles. The lowest BCUT2D eigenvalue weighted by atomic mass is 10.1. The molecule has 0 spiro atoms. The van der Waals surface area contributed by atoms with Crippen LogP contribution in [0, 0.1) is 0 Å². The van der Waals surface area contributed by atoms with Crippen molar-refractivity contribution >= 4 is 23.5 Å². The van der Waals surface area contributed by atoms with Crippen LogP contribution in [0.1, 0.15) is 33.1 Å². The average molecular weight is 275 g/mol. The number of carbonyl (C=O) groups excluding carboxylic acids is 3. The monoisotopic (exact) mass is 275 g/mol. The number of aliphatic carboxylic acids is 1. The molecule has 0 amide bonds. The van der Waals surface area contributed by atoms with Crippen molar-refractivity contribution in [3.05, 3.63) is 0 Å². The number of ether oxygens (including phenoxy) is 1. The highest BCUT2D eigenvalue weighted by atomic mass is 16.5. The number of ketones is 2. The number of esters is 1. The van der Waals surface area contributed by atoms with E-state index < -0.39 is 12.0 Å². The molecule has 0 aliphatic carbocycles. The molecular formula is C12H21NO6. The smallest absolute Gasteiger partial charge is 0.321 e. The minimum Gasteiger partial charge on any atom is -0.480 e. The summed E-state index contributed by atoms with van der Waals surface area (Å²) in [5, 5.41) is 10.9. The molecule has 1 unspecified atom stereocenters. The van der Waals surface area contributed by atoms with Crippen LogP contribution in [0.2, 0.25) is 0 Å². The molecule has 0 fully saturated rings. The van der Waals surface area contributed by atoms with Crippen molar-refractivity contribution in [3.63, 3.8) is 0 Å². The molecule has 0 rings (SSSR count). The first-order valence-electron chi connectivity index (χ1n) is 5.70. The Hall–Kier alpha value is -1.76. The van der Waals surface area contributed by atoms with Gasteiger partial charge in [-0.05, 0) is 20.9 Å². The third-order valence-electron chi connectivity index (χ3n) is 2.05. The summed E-state index contributed by atoms with van der Waals surface area (Å²) < 4.78 is 4.31. The van der Waals surface area contributed by atoms with Gasteiger partial charge in [-0.15, -0.1) is 0 Å². The second-order valence-corrected chi connectivity index (χ2v) is 3.86. The molecule has 7 nitrogen and oxygen atoms in total. The van der Waals surface area contributed by atoms with E-state index in [2.05, 4.69) is 10.1 Å². The van der Waals surface area contributed by atoms with Crippen molar-refractivity contribution in [2.24, 2.45) is 0 Å². The molecule has 0 saturated heterocycles. The van der Waals surface area contributed by atoms with Crippen LogP contribution >= 0.6 is 0 Å². The molecule has 0 bridgehead atoms. The minimum absolute atomic E-state index is 0.0143. The third-order valence-corrected chi connectivity index (χ3v) is 2.05. The zero-order valence-corrected chi connectivity index (χ0v) is 11.7. The number of carboxylic acid groups (broad SMARTS) is 1. The minimum atomic E-state index is -0.988. The van der Waals surface area contributed by atoms with E-state index in [1.165, 1.54) is 28.0 Å². The highest BCUT2D eigenvalue weighted by Gasteiger charge is 2.15. The SMILES string of the molecule is CNC(CC(C)=O)C(=O)O.COC(=O)CCC(C)=O. The second kappa shape index (κ2) is 11.3. The fourth-order valence-corrected chi connectivity index (χ4v) is 0.980. The van der Waals surface area contributed by atoms with Crippen LogP contribution in [0.5, 0.6) is 0 Å². The lowest BCUT2D eigenvalue weighted by Crippen LogP contribution is -2.35. The fraction of sp³-hybridized carbons (Fsp3) is 0.667. The number of nitrogens with one attached hydrogen (secondary N) is 1. The van der Waals surface area contributed by atoms with Crippen LogP contribution in [0.3, 0.4) is 0 Å². The first-order chi connectivity index (χ1) is 8.74. The second-order valence-electron chi connectivity index (χ2n) is 3.86. The van der Waals surface area contributed by atoms with Gasteiger partial charge in [0.2, 0.25) is 0 Å².